The van der Waals surface area contributed by atoms with E-state index in [0.29, 0.717) is 18.9 Å². The van der Waals surface area contributed by atoms with Crippen LogP contribution in [0, 0.1) is 11.6 Å². The number of aliphatic hydroxyl groups is 1. The van der Waals surface area contributed by atoms with Gasteiger partial charge in [-0.15, -0.1) is 0 Å². The van der Waals surface area contributed by atoms with Crippen molar-refractivity contribution in [2.75, 3.05) is 13.2 Å². The molecule has 0 aromatic heterocycles. The van der Waals surface area contributed by atoms with Crippen LogP contribution >= 0.6 is 0 Å². The number of carbonyl (C=O) groups is 1. The fourth-order valence-corrected chi connectivity index (χ4v) is 2.10. The zero-order valence-corrected chi connectivity index (χ0v) is 11.2. The molecule has 0 saturated carbocycles. The summed E-state index contributed by atoms with van der Waals surface area (Å²) in [5, 5.41) is 9.04. The van der Waals surface area contributed by atoms with Gasteiger partial charge in [-0.1, -0.05) is 13.8 Å². The summed E-state index contributed by atoms with van der Waals surface area (Å²) in [6, 6.07) is 2.82. The molecule has 5 heteroatoms. The Morgan fingerprint density at radius 2 is 1.95 bits per heavy atom. The molecule has 1 rings (SSSR count). The maximum Gasteiger partial charge on any atom is 0.257 e. The molecule has 0 radical (unpaired) electrons. The van der Waals surface area contributed by atoms with Gasteiger partial charge in [-0.05, 0) is 25.0 Å². The molecule has 0 aliphatic rings. The van der Waals surface area contributed by atoms with Crippen molar-refractivity contribution in [3.05, 3.63) is 35.4 Å². The van der Waals surface area contributed by atoms with Crippen LogP contribution in [0.3, 0.4) is 0 Å². The minimum absolute atomic E-state index is 0.0656. The van der Waals surface area contributed by atoms with E-state index in [2.05, 4.69) is 0 Å². The van der Waals surface area contributed by atoms with Gasteiger partial charge in [-0.2, -0.15) is 0 Å². The molecule has 19 heavy (non-hydrogen) atoms. The molecule has 1 aromatic rings. The number of aliphatic hydroxyl groups excluding tert-OH is 1. The molecule has 0 heterocycles. The number of amides is 1. The second-order valence-electron chi connectivity index (χ2n) is 4.32. The first kappa shape index (κ1) is 15.6. The normalized spacial score (nSPS) is 10.8. The molecule has 0 atom stereocenters. The molecular weight excluding hydrogens is 252 g/mol. The maximum absolute atomic E-state index is 13.6. The van der Waals surface area contributed by atoms with Crippen molar-refractivity contribution in [3.63, 3.8) is 0 Å². The Balaban J connectivity index is 3.04. The van der Waals surface area contributed by atoms with Crippen molar-refractivity contribution >= 4 is 5.91 Å². The molecule has 106 valence electrons. The van der Waals surface area contributed by atoms with Crippen LogP contribution in [0.5, 0.6) is 0 Å². The van der Waals surface area contributed by atoms with Gasteiger partial charge in [0.1, 0.15) is 11.6 Å². The molecule has 0 aliphatic carbocycles. The lowest BCUT2D eigenvalue weighted by Gasteiger charge is -2.30. The number of hydrogen-bond acceptors (Lipinski definition) is 2. The van der Waals surface area contributed by atoms with Crippen LogP contribution in [-0.2, 0) is 0 Å². The molecule has 1 amide bonds. The predicted octanol–water partition coefficient (Wildman–Crippen LogP) is 2.59. The Bertz CT molecular complexity index is 433. The van der Waals surface area contributed by atoms with Crippen molar-refractivity contribution in [2.45, 2.75) is 32.7 Å². The number of halogens is 2. The van der Waals surface area contributed by atoms with Crippen molar-refractivity contribution in [2.24, 2.45) is 0 Å². The van der Waals surface area contributed by atoms with Crippen molar-refractivity contribution < 1.29 is 18.7 Å². The van der Waals surface area contributed by atoms with Gasteiger partial charge in [0.05, 0.1) is 12.2 Å². The van der Waals surface area contributed by atoms with Crippen molar-refractivity contribution in [1.82, 2.24) is 4.90 Å². The van der Waals surface area contributed by atoms with E-state index in [0.717, 1.165) is 12.1 Å². The van der Waals surface area contributed by atoms with Crippen LogP contribution in [0.2, 0.25) is 0 Å². The van der Waals surface area contributed by atoms with Gasteiger partial charge in [0, 0.05) is 18.7 Å². The van der Waals surface area contributed by atoms with E-state index in [4.69, 9.17) is 5.11 Å². The summed E-state index contributed by atoms with van der Waals surface area (Å²) in [5.41, 5.74) is -0.165. The molecule has 0 spiro atoms. The molecule has 0 aliphatic heterocycles. The summed E-state index contributed by atoms with van der Waals surface area (Å²) in [7, 11) is 0. The van der Waals surface area contributed by atoms with Crippen LogP contribution < -0.4 is 0 Å². The fraction of sp³-hybridized carbons (Fsp3) is 0.500. The maximum atomic E-state index is 13.6. The minimum Gasteiger partial charge on any atom is -0.395 e. The third-order valence-electron chi connectivity index (χ3n) is 3.15. The summed E-state index contributed by atoms with van der Waals surface area (Å²) in [4.78, 5) is 13.7. The van der Waals surface area contributed by atoms with E-state index in [1.165, 1.54) is 4.90 Å². The van der Waals surface area contributed by atoms with E-state index in [1.54, 1.807) is 0 Å². The first-order chi connectivity index (χ1) is 9.04. The Kier molecular flexibility index (Phi) is 5.89. The number of carbonyl (C=O) groups excluding carboxylic acids is 1. The monoisotopic (exact) mass is 271 g/mol. The quantitative estimate of drug-likeness (QED) is 0.864. The second-order valence-corrected chi connectivity index (χ2v) is 4.32. The zero-order chi connectivity index (χ0) is 14.4. The third kappa shape index (κ3) is 3.73. The van der Waals surface area contributed by atoms with Crippen LogP contribution in [0.15, 0.2) is 18.2 Å². The van der Waals surface area contributed by atoms with Crippen LogP contribution in [0.1, 0.15) is 37.0 Å². The highest BCUT2D eigenvalue weighted by atomic mass is 19.1. The highest BCUT2D eigenvalue weighted by Crippen LogP contribution is 2.16. The standard InChI is InChI=1S/C14H19F2NO2/c1-3-11(4-2)17(7-8-18)14(19)12-6-5-10(15)9-13(12)16/h5-6,9,11,18H,3-4,7-8H2,1-2H3. The van der Waals surface area contributed by atoms with Gasteiger partial charge in [0.2, 0.25) is 0 Å². The summed E-state index contributed by atoms with van der Waals surface area (Å²) >= 11 is 0. The predicted molar refractivity (Wildman–Crippen MR) is 68.9 cm³/mol. The lowest BCUT2D eigenvalue weighted by atomic mass is 10.1. The van der Waals surface area contributed by atoms with Gasteiger partial charge in [0.25, 0.3) is 5.91 Å². The third-order valence-corrected chi connectivity index (χ3v) is 3.15. The van der Waals surface area contributed by atoms with Gasteiger partial charge >= 0.3 is 0 Å². The molecule has 0 fully saturated rings. The smallest absolute Gasteiger partial charge is 0.257 e. The average molecular weight is 271 g/mol. The molecule has 1 N–H and O–H groups in total. The summed E-state index contributed by atoms with van der Waals surface area (Å²) in [6.45, 7) is 3.80. The first-order valence-electron chi connectivity index (χ1n) is 6.42. The Hall–Kier alpha value is -1.49. The van der Waals surface area contributed by atoms with E-state index in [-0.39, 0.29) is 24.8 Å². The Morgan fingerprint density at radius 1 is 1.32 bits per heavy atom. The number of nitrogens with zero attached hydrogens (tertiary/aromatic N) is 1. The largest absolute Gasteiger partial charge is 0.395 e. The minimum atomic E-state index is -0.876. The van der Waals surface area contributed by atoms with Crippen LogP contribution in [-0.4, -0.2) is 35.1 Å². The highest BCUT2D eigenvalue weighted by molar-refractivity contribution is 5.94. The molecule has 0 unspecified atom stereocenters. The average Bonchev–Trinajstić information content (AvgIpc) is 2.38. The van der Waals surface area contributed by atoms with Crippen LogP contribution in [0.25, 0.3) is 0 Å². The van der Waals surface area contributed by atoms with Gasteiger partial charge < -0.3 is 10.0 Å². The summed E-state index contributed by atoms with van der Waals surface area (Å²) < 4.78 is 26.5. The number of benzene rings is 1. The lowest BCUT2D eigenvalue weighted by Crippen LogP contribution is -2.42. The topological polar surface area (TPSA) is 40.5 Å². The van der Waals surface area contributed by atoms with E-state index < -0.39 is 17.5 Å². The lowest BCUT2D eigenvalue weighted by molar-refractivity contribution is 0.0617. The highest BCUT2D eigenvalue weighted by Gasteiger charge is 2.24. The van der Waals surface area contributed by atoms with Gasteiger partial charge in [0.15, 0.2) is 0 Å². The zero-order valence-electron chi connectivity index (χ0n) is 11.2. The Morgan fingerprint density at radius 3 is 2.42 bits per heavy atom. The van der Waals surface area contributed by atoms with E-state index in [1.807, 2.05) is 13.8 Å². The summed E-state index contributed by atoms with van der Waals surface area (Å²) in [5.74, 6) is -2.11. The number of rotatable bonds is 6. The molecular formula is C14H19F2NO2. The molecule has 1 aromatic carbocycles. The fourth-order valence-electron chi connectivity index (χ4n) is 2.10. The second kappa shape index (κ2) is 7.19. The first-order valence-corrected chi connectivity index (χ1v) is 6.42. The van der Waals surface area contributed by atoms with Crippen molar-refractivity contribution in [1.29, 1.82) is 0 Å². The van der Waals surface area contributed by atoms with E-state index in [9.17, 15) is 13.6 Å². The van der Waals surface area contributed by atoms with Crippen LogP contribution in [0.4, 0.5) is 8.78 Å². The van der Waals surface area contributed by atoms with Gasteiger partial charge in [-0.25, -0.2) is 8.78 Å². The van der Waals surface area contributed by atoms with Crippen molar-refractivity contribution in [3.8, 4) is 0 Å². The SMILES string of the molecule is CCC(CC)N(CCO)C(=O)c1ccc(F)cc1F. The molecule has 3 nitrogen and oxygen atoms in total. The number of hydrogen-bond donors (Lipinski definition) is 1. The summed E-state index contributed by atoms with van der Waals surface area (Å²) in [6.07, 6.45) is 1.43. The molecule has 0 saturated heterocycles. The Labute approximate surface area is 111 Å². The van der Waals surface area contributed by atoms with Gasteiger partial charge in [-0.3, -0.25) is 4.79 Å². The van der Waals surface area contributed by atoms with E-state index >= 15 is 0 Å². The molecule has 0 bridgehead atoms.